The lowest BCUT2D eigenvalue weighted by Crippen LogP contribution is -2.41. The van der Waals surface area contributed by atoms with Crippen LogP contribution in [0.3, 0.4) is 0 Å². The first-order valence-corrected chi connectivity index (χ1v) is 4.08. The summed E-state index contributed by atoms with van der Waals surface area (Å²) in [5, 5.41) is 0. The highest BCUT2D eigenvalue weighted by molar-refractivity contribution is 4.64. The number of hydrogen-bond donors (Lipinski definition) is 3. The third-order valence-corrected chi connectivity index (χ3v) is 1.44. The lowest BCUT2D eigenvalue weighted by Gasteiger charge is -2.22. The summed E-state index contributed by atoms with van der Waals surface area (Å²) in [6, 6.07) is 0.202. The van der Waals surface area contributed by atoms with Crippen molar-refractivity contribution in [1.82, 2.24) is 4.90 Å². The van der Waals surface area contributed by atoms with Gasteiger partial charge in [-0.15, -0.1) is 0 Å². The van der Waals surface area contributed by atoms with E-state index in [-0.39, 0.29) is 6.04 Å². The summed E-state index contributed by atoms with van der Waals surface area (Å²) in [6.45, 7) is 5.99. The Balaban J connectivity index is 3.50. The molecule has 1 atom stereocenters. The van der Waals surface area contributed by atoms with Gasteiger partial charge in [-0.2, -0.15) is 0 Å². The van der Waals surface area contributed by atoms with Gasteiger partial charge in [0.1, 0.15) is 0 Å². The van der Waals surface area contributed by atoms with Crippen LogP contribution in [-0.4, -0.2) is 43.7 Å². The normalized spacial score (nSPS) is 13.9. The smallest absolute Gasteiger partial charge is 0.0139 e. The average Bonchev–Trinajstić information content (AvgIpc) is 1.87. The van der Waals surface area contributed by atoms with Crippen LogP contribution < -0.4 is 17.2 Å². The topological polar surface area (TPSA) is 81.3 Å². The van der Waals surface area contributed by atoms with Gasteiger partial charge < -0.3 is 17.2 Å². The molecule has 0 heterocycles. The number of nitrogens with zero attached hydrogens (tertiary/aromatic N) is 1. The van der Waals surface area contributed by atoms with Gasteiger partial charge >= 0.3 is 0 Å². The van der Waals surface area contributed by atoms with E-state index >= 15 is 0 Å². The molecule has 6 N–H and O–H groups in total. The maximum Gasteiger partial charge on any atom is 0.0139 e. The van der Waals surface area contributed by atoms with Crippen LogP contribution in [0.4, 0.5) is 0 Å². The zero-order chi connectivity index (χ0) is 8.69. The fourth-order valence-electron chi connectivity index (χ4n) is 1.07. The number of rotatable bonds is 6. The van der Waals surface area contributed by atoms with Crippen molar-refractivity contribution in [2.45, 2.75) is 13.0 Å². The van der Waals surface area contributed by atoms with E-state index < -0.39 is 0 Å². The number of nitrogens with two attached hydrogens (primary N) is 3. The molecule has 0 aliphatic carbocycles. The molecule has 0 aliphatic heterocycles. The van der Waals surface area contributed by atoms with E-state index in [4.69, 9.17) is 17.2 Å². The molecule has 0 fully saturated rings. The molecule has 0 aromatic rings. The summed E-state index contributed by atoms with van der Waals surface area (Å²) < 4.78 is 0. The Morgan fingerprint density at radius 2 is 1.64 bits per heavy atom. The fourth-order valence-corrected chi connectivity index (χ4v) is 1.07. The molecule has 0 aromatic carbocycles. The van der Waals surface area contributed by atoms with Gasteiger partial charge in [0, 0.05) is 38.8 Å². The van der Waals surface area contributed by atoms with Gasteiger partial charge in [0.15, 0.2) is 0 Å². The van der Waals surface area contributed by atoms with Crippen molar-refractivity contribution >= 4 is 0 Å². The van der Waals surface area contributed by atoms with Gasteiger partial charge in [-0.3, -0.25) is 4.90 Å². The van der Waals surface area contributed by atoms with Crippen LogP contribution in [0.1, 0.15) is 6.92 Å². The molecule has 0 aliphatic rings. The van der Waals surface area contributed by atoms with Crippen LogP contribution in [0.2, 0.25) is 0 Å². The van der Waals surface area contributed by atoms with E-state index in [0.29, 0.717) is 13.1 Å². The molecule has 0 radical (unpaired) electrons. The second kappa shape index (κ2) is 6.54. The molecule has 1 unspecified atom stereocenters. The second-order valence-electron chi connectivity index (χ2n) is 2.86. The van der Waals surface area contributed by atoms with Gasteiger partial charge in [0.05, 0.1) is 0 Å². The third kappa shape index (κ3) is 6.25. The first-order valence-electron chi connectivity index (χ1n) is 4.08. The highest BCUT2D eigenvalue weighted by atomic mass is 15.1. The molecule has 0 spiro atoms. The predicted molar refractivity (Wildman–Crippen MR) is 48.2 cm³/mol. The molecule has 0 rings (SSSR count). The minimum atomic E-state index is 0.202. The molecule has 0 saturated heterocycles. The van der Waals surface area contributed by atoms with Crippen LogP contribution in [-0.2, 0) is 0 Å². The Labute approximate surface area is 68.7 Å². The molecule has 0 aromatic heterocycles. The van der Waals surface area contributed by atoms with Crippen molar-refractivity contribution in [2.24, 2.45) is 17.2 Å². The zero-order valence-electron chi connectivity index (χ0n) is 7.29. The zero-order valence-corrected chi connectivity index (χ0v) is 7.29. The Kier molecular flexibility index (Phi) is 6.45. The van der Waals surface area contributed by atoms with Crippen molar-refractivity contribution < 1.29 is 0 Å². The maximum absolute atomic E-state index is 5.63. The standard InChI is InChI=1S/C7H20N4/c1-7(10)6-11(4-2-8)5-3-9/h7H,2-6,8-10H2,1H3. The highest BCUT2D eigenvalue weighted by Crippen LogP contribution is 1.87. The van der Waals surface area contributed by atoms with Crippen LogP contribution in [0, 0.1) is 0 Å². The second-order valence-corrected chi connectivity index (χ2v) is 2.86. The van der Waals surface area contributed by atoms with Gasteiger partial charge in [-0.05, 0) is 6.92 Å². The summed E-state index contributed by atoms with van der Waals surface area (Å²) in [7, 11) is 0. The average molecular weight is 160 g/mol. The maximum atomic E-state index is 5.63. The van der Waals surface area contributed by atoms with Crippen molar-refractivity contribution in [3.63, 3.8) is 0 Å². The Morgan fingerprint density at radius 1 is 1.18 bits per heavy atom. The first kappa shape index (κ1) is 10.8. The highest BCUT2D eigenvalue weighted by Gasteiger charge is 2.04. The fraction of sp³-hybridized carbons (Fsp3) is 1.00. The van der Waals surface area contributed by atoms with Crippen molar-refractivity contribution in [2.75, 3.05) is 32.7 Å². The van der Waals surface area contributed by atoms with Gasteiger partial charge in [0.2, 0.25) is 0 Å². The van der Waals surface area contributed by atoms with Gasteiger partial charge in [0.25, 0.3) is 0 Å². The summed E-state index contributed by atoms with van der Waals surface area (Å²) in [6.07, 6.45) is 0. The molecule has 4 nitrogen and oxygen atoms in total. The molecule has 0 saturated carbocycles. The van der Waals surface area contributed by atoms with E-state index in [1.807, 2.05) is 6.92 Å². The van der Waals surface area contributed by atoms with Gasteiger partial charge in [-0.25, -0.2) is 0 Å². The molecular weight excluding hydrogens is 140 g/mol. The lowest BCUT2D eigenvalue weighted by molar-refractivity contribution is 0.275. The first-order chi connectivity index (χ1) is 5.20. The van der Waals surface area contributed by atoms with Crippen LogP contribution in [0.25, 0.3) is 0 Å². The van der Waals surface area contributed by atoms with E-state index in [2.05, 4.69) is 4.90 Å². The molecule has 0 bridgehead atoms. The van der Waals surface area contributed by atoms with Crippen LogP contribution >= 0.6 is 0 Å². The summed E-state index contributed by atoms with van der Waals surface area (Å²) in [4.78, 5) is 2.19. The summed E-state index contributed by atoms with van der Waals surface area (Å²) >= 11 is 0. The van der Waals surface area contributed by atoms with Gasteiger partial charge in [-0.1, -0.05) is 0 Å². The Hall–Kier alpha value is -0.160. The van der Waals surface area contributed by atoms with Crippen molar-refractivity contribution in [3.8, 4) is 0 Å². The predicted octanol–water partition coefficient (Wildman–Crippen LogP) is -1.45. The van der Waals surface area contributed by atoms with Crippen molar-refractivity contribution in [1.29, 1.82) is 0 Å². The minimum absolute atomic E-state index is 0.202. The Morgan fingerprint density at radius 3 is 1.91 bits per heavy atom. The SMILES string of the molecule is CC(N)CN(CCN)CCN. The van der Waals surface area contributed by atoms with E-state index in [1.54, 1.807) is 0 Å². The van der Waals surface area contributed by atoms with E-state index in [1.165, 1.54) is 0 Å². The molecule has 4 heteroatoms. The quantitative estimate of drug-likeness (QED) is 0.444. The lowest BCUT2D eigenvalue weighted by atomic mass is 10.3. The summed E-state index contributed by atoms with van der Waals surface area (Å²) in [5.41, 5.74) is 16.5. The van der Waals surface area contributed by atoms with E-state index in [9.17, 15) is 0 Å². The van der Waals surface area contributed by atoms with Crippen LogP contribution in [0.5, 0.6) is 0 Å². The van der Waals surface area contributed by atoms with E-state index in [0.717, 1.165) is 19.6 Å². The molecule has 0 amide bonds. The largest absolute Gasteiger partial charge is 0.329 e. The minimum Gasteiger partial charge on any atom is -0.329 e. The molecule has 68 valence electrons. The van der Waals surface area contributed by atoms with Crippen molar-refractivity contribution in [3.05, 3.63) is 0 Å². The molecule has 11 heavy (non-hydrogen) atoms. The molecular formula is C7H20N4. The third-order valence-electron chi connectivity index (χ3n) is 1.44. The number of hydrogen-bond acceptors (Lipinski definition) is 4. The monoisotopic (exact) mass is 160 g/mol. The Bertz CT molecular complexity index is 78.5. The summed E-state index contributed by atoms with van der Waals surface area (Å²) in [5.74, 6) is 0. The van der Waals surface area contributed by atoms with Crippen LogP contribution in [0.15, 0.2) is 0 Å².